The van der Waals surface area contributed by atoms with Gasteiger partial charge in [-0.1, -0.05) is 29.3 Å². The molecule has 0 unspecified atom stereocenters. The van der Waals surface area contributed by atoms with Gasteiger partial charge in [-0.05, 0) is 48.4 Å². The molecule has 104 valence electrons. The maximum atomic E-state index is 10.7. The highest BCUT2D eigenvalue weighted by Crippen LogP contribution is 2.33. The summed E-state index contributed by atoms with van der Waals surface area (Å²) >= 11 is 12.2. The predicted octanol–water partition coefficient (Wildman–Crippen LogP) is 3.83. The van der Waals surface area contributed by atoms with Gasteiger partial charge in [0, 0.05) is 15.6 Å². The molecule has 0 aromatic heterocycles. The van der Waals surface area contributed by atoms with Crippen molar-refractivity contribution in [2.45, 2.75) is 6.92 Å². The first kappa shape index (κ1) is 14.7. The number of carbonyl (C=O) groups is 1. The Morgan fingerprint density at radius 3 is 2.60 bits per heavy atom. The summed E-state index contributed by atoms with van der Waals surface area (Å²) in [5.41, 5.74) is 7.72. The Morgan fingerprint density at radius 1 is 1.20 bits per heavy atom. The van der Waals surface area contributed by atoms with Crippen molar-refractivity contribution in [2.75, 3.05) is 6.61 Å². The molecule has 2 rings (SSSR count). The molecular formula is C15H13Cl2NO2. The molecule has 2 aromatic carbocycles. The third-order valence-electron chi connectivity index (χ3n) is 2.78. The Kier molecular flexibility index (Phi) is 4.53. The minimum absolute atomic E-state index is 0.141. The van der Waals surface area contributed by atoms with E-state index in [1.54, 1.807) is 18.2 Å². The molecule has 20 heavy (non-hydrogen) atoms. The number of nitrogens with two attached hydrogens (primary N) is 1. The van der Waals surface area contributed by atoms with Gasteiger partial charge >= 0.3 is 0 Å². The number of carbonyl (C=O) groups excluding carboxylic acids is 1. The second-order valence-electron chi connectivity index (χ2n) is 4.36. The molecule has 0 bridgehead atoms. The lowest BCUT2D eigenvalue weighted by atomic mass is 10.0. The summed E-state index contributed by atoms with van der Waals surface area (Å²) in [5.74, 6) is 0.108. The minimum Gasteiger partial charge on any atom is -0.484 e. The van der Waals surface area contributed by atoms with E-state index in [1.165, 1.54) is 0 Å². The van der Waals surface area contributed by atoms with Crippen molar-refractivity contribution in [3.8, 4) is 16.9 Å². The van der Waals surface area contributed by atoms with E-state index < -0.39 is 5.91 Å². The Labute approximate surface area is 127 Å². The van der Waals surface area contributed by atoms with E-state index in [2.05, 4.69) is 0 Å². The van der Waals surface area contributed by atoms with E-state index in [1.807, 2.05) is 25.1 Å². The molecule has 0 aliphatic rings. The summed E-state index contributed by atoms with van der Waals surface area (Å²) in [6.07, 6.45) is 0. The minimum atomic E-state index is -0.508. The standard InChI is InChI=1S/C15H13Cl2NO2/c1-9-6-10(2-5-14(9)20-8-15(18)19)12-7-11(16)3-4-13(12)17/h2-7H,8H2,1H3,(H2,18,19). The van der Waals surface area contributed by atoms with Crippen LogP contribution in [-0.4, -0.2) is 12.5 Å². The summed E-state index contributed by atoms with van der Waals surface area (Å²) in [7, 11) is 0. The number of hydrogen-bond acceptors (Lipinski definition) is 2. The number of rotatable bonds is 4. The molecule has 0 atom stereocenters. The summed E-state index contributed by atoms with van der Waals surface area (Å²) in [5, 5.41) is 1.25. The Balaban J connectivity index is 2.33. The number of amides is 1. The second kappa shape index (κ2) is 6.16. The third kappa shape index (κ3) is 3.44. The Morgan fingerprint density at radius 2 is 1.95 bits per heavy atom. The fraction of sp³-hybridized carbons (Fsp3) is 0.133. The first-order chi connectivity index (χ1) is 9.47. The molecule has 1 amide bonds. The van der Waals surface area contributed by atoms with Crippen molar-refractivity contribution in [1.82, 2.24) is 0 Å². The van der Waals surface area contributed by atoms with Gasteiger partial charge in [0.05, 0.1) is 0 Å². The van der Waals surface area contributed by atoms with Gasteiger partial charge in [0.25, 0.3) is 5.91 Å². The summed E-state index contributed by atoms with van der Waals surface area (Å²) < 4.78 is 5.31. The van der Waals surface area contributed by atoms with Crippen LogP contribution in [0.25, 0.3) is 11.1 Å². The van der Waals surface area contributed by atoms with Crippen LogP contribution >= 0.6 is 23.2 Å². The van der Waals surface area contributed by atoms with Gasteiger partial charge in [0.2, 0.25) is 0 Å². The zero-order chi connectivity index (χ0) is 14.7. The lowest BCUT2D eigenvalue weighted by molar-refractivity contribution is -0.119. The summed E-state index contributed by atoms with van der Waals surface area (Å²) in [6, 6.07) is 10.9. The van der Waals surface area contributed by atoms with Crippen molar-refractivity contribution < 1.29 is 9.53 Å². The number of primary amides is 1. The molecule has 0 heterocycles. The van der Waals surface area contributed by atoms with E-state index in [-0.39, 0.29) is 6.61 Å². The maximum Gasteiger partial charge on any atom is 0.255 e. The van der Waals surface area contributed by atoms with Crippen LogP contribution in [0.15, 0.2) is 36.4 Å². The van der Waals surface area contributed by atoms with E-state index in [0.29, 0.717) is 15.8 Å². The number of hydrogen-bond donors (Lipinski definition) is 1. The molecule has 0 spiro atoms. The highest BCUT2D eigenvalue weighted by Gasteiger charge is 2.08. The second-order valence-corrected chi connectivity index (χ2v) is 5.20. The van der Waals surface area contributed by atoms with Gasteiger partial charge in [-0.2, -0.15) is 0 Å². The Hall–Kier alpha value is -1.71. The molecule has 5 heteroatoms. The molecule has 2 aromatic rings. The van der Waals surface area contributed by atoms with Crippen molar-refractivity contribution in [1.29, 1.82) is 0 Å². The topological polar surface area (TPSA) is 52.3 Å². The summed E-state index contributed by atoms with van der Waals surface area (Å²) in [4.78, 5) is 10.7. The van der Waals surface area contributed by atoms with Gasteiger partial charge in [0.15, 0.2) is 6.61 Å². The quantitative estimate of drug-likeness (QED) is 0.933. The lowest BCUT2D eigenvalue weighted by Crippen LogP contribution is -2.20. The highest BCUT2D eigenvalue weighted by atomic mass is 35.5. The molecule has 0 fully saturated rings. The van der Waals surface area contributed by atoms with Gasteiger partial charge in [-0.15, -0.1) is 0 Å². The molecular weight excluding hydrogens is 297 g/mol. The normalized spacial score (nSPS) is 10.3. The largest absolute Gasteiger partial charge is 0.484 e. The first-order valence-electron chi connectivity index (χ1n) is 5.94. The first-order valence-corrected chi connectivity index (χ1v) is 6.70. The molecule has 0 aliphatic heterocycles. The van der Waals surface area contributed by atoms with E-state index in [0.717, 1.165) is 16.7 Å². The molecule has 3 nitrogen and oxygen atoms in total. The van der Waals surface area contributed by atoms with Crippen molar-refractivity contribution in [3.05, 3.63) is 52.0 Å². The molecule has 0 aliphatic carbocycles. The average molecular weight is 310 g/mol. The van der Waals surface area contributed by atoms with Crippen LogP contribution in [0, 0.1) is 6.92 Å². The molecule has 0 saturated heterocycles. The van der Waals surface area contributed by atoms with Crippen LogP contribution < -0.4 is 10.5 Å². The Bertz CT molecular complexity index is 656. The van der Waals surface area contributed by atoms with E-state index >= 15 is 0 Å². The number of aryl methyl sites for hydroxylation is 1. The van der Waals surface area contributed by atoms with Gasteiger partial charge in [-0.25, -0.2) is 0 Å². The van der Waals surface area contributed by atoms with Crippen LogP contribution in [0.3, 0.4) is 0 Å². The predicted molar refractivity (Wildman–Crippen MR) is 81.3 cm³/mol. The number of halogens is 2. The zero-order valence-corrected chi connectivity index (χ0v) is 12.3. The summed E-state index contributed by atoms with van der Waals surface area (Å²) in [6.45, 7) is 1.75. The fourth-order valence-electron chi connectivity index (χ4n) is 1.85. The smallest absolute Gasteiger partial charge is 0.255 e. The number of benzene rings is 2. The fourth-order valence-corrected chi connectivity index (χ4v) is 2.25. The van der Waals surface area contributed by atoms with E-state index in [4.69, 9.17) is 33.7 Å². The van der Waals surface area contributed by atoms with Crippen LogP contribution in [0.4, 0.5) is 0 Å². The van der Waals surface area contributed by atoms with Gasteiger partial charge in [-0.3, -0.25) is 4.79 Å². The maximum absolute atomic E-state index is 10.7. The van der Waals surface area contributed by atoms with Crippen LogP contribution in [0.1, 0.15) is 5.56 Å². The monoisotopic (exact) mass is 309 g/mol. The molecule has 2 N–H and O–H groups in total. The van der Waals surface area contributed by atoms with Gasteiger partial charge in [0.1, 0.15) is 5.75 Å². The van der Waals surface area contributed by atoms with Crippen molar-refractivity contribution in [3.63, 3.8) is 0 Å². The van der Waals surface area contributed by atoms with Crippen LogP contribution in [0.2, 0.25) is 10.0 Å². The number of ether oxygens (including phenoxy) is 1. The van der Waals surface area contributed by atoms with Crippen LogP contribution in [-0.2, 0) is 4.79 Å². The zero-order valence-electron chi connectivity index (χ0n) is 10.8. The lowest BCUT2D eigenvalue weighted by Gasteiger charge is -2.11. The molecule has 0 radical (unpaired) electrons. The van der Waals surface area contributed by atoms with Crippen molar-refractivity contribution >= 4 is 29.1 Å². The average Bonchev–Trinajstić information content (AvgIpc) is 2.40. The highest BCUT2D eigenvalue weighted by molar-refractivity contribution is 6.35. The van der Waals surface area contributed by atoms with Crippen LogP contribution in [0.5, 0.6) is 5.75 Å². The van der Waals surface area contributed by atoms with E-state index in [9.17, 15) is 4.79 Å². The third-order valence-corrected chi connectivity index (χ3v) is 3.35. The SMILES string of the molecule is Cc1cc(-c2cc(Cl)ccc2Cl)ccc1OCC(N)=O. The van der Waals surface area contributed by atoms with Gasteiger partial charge < -0.3 is 10.5 Å². The molecule has 0 saturated carbocycles. The van der Waals surface area contributed by atoms with Crippen molar-refractivity contribution in [2.24, 2.45) is 5.73 Å².